The Hall–Kier alpha value is -3.13. The number of aryl methyl sites for hydroxylation is 1. The molecule has 148 valence electrons. The van der Waals surface area contributed by atoms with Crippen molar-refractivity contribution in [2.24, 2.45) is 0 Å². The number of hydrogen-bond donors (Lipinski definition) is 0. The predicted octanol–water partition coefficient (Wildman–Crippen LogP) is 7.87. The third-order valence-electron chi connectivity index (χ3n) is 6.96. The smallest absolute Gasteiger partial charge is 0.142 e. The molecule has 0 saturated carbocycles. The van der Waals surface area contributed by atoms with Crippen molar-refractivity contribution in [2.45, 2.75) is 46.0 Å². The topological polar surface area (TPSA) is 26.0 Å². The van der Waals surface area contributed by atoms with E-state index in [1.807, 2.05) is 6.20 Å². The number of nitrogens with zero attached hydrogens (tertiary/aromatic N) is 1. The van der Waals surface area contributed by atoms with Gasteiger partial charge in [0.25, 0.3) is 0 Å². The van der Waals surface area contributed by atoms with Crippen LogP contribution in [0.2, 0.25) is 0 Å². The van der Waals surface area contributed by atoms with Gasteiger partial charge in [0, 0.05) is 28.1 Å². The molecule has 0 saturated heterocycles. The fourth-order valence-corrected chi connectivity index (χ4v) is 5.29. The number of rotatable bonds is 1. The Kier molecular flexibility index (Phi) is 3.38. The first-order valence-corrected chi connectivity index (χ1v) is 10.8. The van der Waals surface area contributed by atoms with Gasteiger partial charge in [-0.15, -0.1) is 0 Å². The van der Waals surface area contributed by atoms with E-state index in [9.17, 15) is 0 Å². The standard InChI is InChI=1S/C28H25NO/c1-15(2)19-10-11-21-23-24-25(29-14-16(3)26(24)30-27(19)23)20-12-17-8-6-7-9-18(17)13-22(20)28(21,4)5/h6-15H,1-5H3. The quantitative estimate of drug-likeness (QED) is 0.290. The van der Waals surface area contributed by atoms with E-state index in [1.54, 1.807) is 0 Å². The Morgan fingerprint density at radius 3 is 2.33 bits per heavy atom. The maximum Gasteiger partial charge on any atom is 0.142 e. The number of benzene rings is 3. The van der Waals surface area contributed by atoms with E-state index in [0.717, 1.165) is 22.4 Å². The summed E-state index contributed by atoms with van der Waals surface area (Å²) in [7, 11) is 0. The molecule has 0 fully saturated rings. The molecule has 0 radical (unpaired) electrons. The second-order valence-corrected chi connectivity index (χ2v) is 9.53. The Morgan fingerprint density at radius 1 is 0.867 bits per heavy atom. The second kappa shape index (κ2) is 5.72. The molecule has 0 bridgehead atoms. The summed E-state index contributed by atoms with van der Waals surface area (Å²) >= 11 is 0. The van der Waals surface area contributed by atoms with Gasteiger partial charge in [0.2, 0.25) is 0 Å². The van der Waals surface area contributed by atoms with E-state index in [2.05, 4.69) is 83.1 Å². The number of fused-ring (bicyclic) bond motifs is 3. The molecule has 2 aromatic heterocycles. The van der Waals surface area contributed by atoms with Crippen molar-refractivity contribution in [2.75, 3.05) is 0 Å². The molecule has 0 spiro atoms. The van der Waals surface area contributed by atoms with Crippen molar-refractivity contribution in [3.63, 3.8) is 0 Å². The maximum absolute atomic E-state index is 6.59. The molecule has 0 amide bonds. The summed E-state index contributed by atoms with van der Waals surface area (Å²) in [6.45, 7) is 11.2. The number of aromatic nitrogens is 1. The van der Waals surface area contributed by atoms with Crippen LogP contribution in [0.4, 0.5) is 0 Å². The third kappa shape index (κ3) is 2.11. The van der Waals surface area contributed by atoms with Crippen LogP contribution >= 0.6 is 0 Å². The van der Waals surface area contributed by atoms with Gasteiger partial charge in [-0.25, -0.2) is 0 Å². The zero-order valence-corrected chi connectivity index (χ0v) is 18.1. The van der Waals surface area contributed by atoms with Crippen LogP contribution in [0.1, 0.15) is 55.9 Å². The highest BCUT2D eigenvalue weighted by Gasteiger charge is 2.35. The maximum atomic E-state index is 6.59. The summed E-state index contributed by atoms with van der Waals surface area (Å²) in [5.74, 6) is 0.396. The van der Waals surface area contributed by atoms with Crippen LogP contribution in [0, 0.1) is 6.92 Å². The minimum Gasteiger partial charge on any atom is -0.455 e. The first-order chi connectivity index (χ1) is 14.4. The molecule has 0 N–H and O–H groups in total. The lowest BCUT2D eigenvalue weighted by molar-refractivity contribution is 0.637. The van der Waals surface area contributed by atoms with Crippen LogP contribution in [0.25, 0.3) is 44.0 Å². The Labute approximate surface area is 176 Å². The van der Waals surface area contributed by atoms with Crippen LogP contribution in [0.3, 0.4) is 0 Å². The zero-order chi connectivity index (χ0) is 20.8. The van der Waals surface area contributed by atoms with E-state index in [0.29, 0.717) is 5.92 Å². The third-order valence-corrected chi connectivity index (χ3v) is 6.96. The first kappa shape index (κ1) is 17.7. The van der Waals surface area contributed by atoms with Gasteiger partial charge < -0.3 is 4.42 Å². The minimum absolute atomic E-state index is 0.168. The molecule has 1 aliphatic rings. The minimum atomic E-state index is -0.168. The first-order valence-electron chi connectivity index (χ1n) is 10.8. The number of furan rings is 1. The molecular formula is C28H25NO. The van der Waals surface area contributed by atoms with E-state index >= 15 is 0 Å². The highest BCUT2D eigenvalue weighted by molar-refractivity contribution is 6.16. The summed E-state index contributed by atoms with van der Waals surface area (Å²) in [4.78, 5) is 4.98. The fourth-order valence-electron chi connectivity index (χ4n) is 5.29. The summed E-state index contributed by atoms with van der Waals surface area (Å²) in [5, 5.41) is 4.93. The number of pyridine rings is 1. The highest BCUT2D eigenvalue weighted by atomic mass is 16.3. The van der Waals surface area contributed by atoms with Crippen molar-refractivity contribution in [3.05, 3.63) is 77.0 Å². The summed E-state index contributed by atoms with van der Waals surface area (Å²) in [5.41, 5.74) is 9.10. The van der Waals surface area contributed by atoms with E-state index in [-0.39, 0.29) is 5.41 Å². The van der Waals surface area contributed by atoms with Crippen molar-refractivity contribution in [1.82, 2.24) is 4.98 Å². The highest BCUT2D eigenvalue weighted by Crippen LogP contribution is 2.51. The Bertz CT molecular complexity index is 1500. The molecule has 2 nitrogen and oxygen atoms in total. The number of hydrogen-bond acceptors (Lipinski definition) is 2. The Morgan fingerprint density at radius 2 is 1.60 bits per heavy atom. The van der Waals surface area contributed by atoms with Crippen molar-refractivity contribution in [3.8, 4) is 11.3 Å². The lowest BCUT2D eigenvalue weighted by atomic mass is 9.75. The van der Waals surface area contributed by atoms with Crippen molar-refractivity contribution in [1.29, 1.82) is 0 Å². The largest absolute Gasteiger partial charge is 0.455 e. The molecule has 30 heavy (non-hydrogen) atoms. The van der Waals surface area contributed by atoms with Crippen LogP contribution in [0.5, 0.6) is 0 Å². The van der Waals surface area contributed by atoms with Crippen LogP contribution in [-0.4, -0.2) is 4.98 Å². The van der Waals surface area contributed by atoms with Gasteiger partial charge in [0.05, 0.1) is 11.1 Å². The second-order valence-electron chi connectivity index (χ2n) is 9.53. The zero-order valence-electron chi connectivity index (χ0n) is 18.1. The molecule has 0 atom stereocenters. The normalized spacial score (nSPS) is 14.7. The fraction of sp³-hybridized carbons (Fsp3) is 0.250. The van der Waals surface area contributed by atoms with Crippen molar-refractivity contribution < 1.29 is 4.42 Å². The van der Waals surface area contributed by atoms with Gasteiger partial charge in [-0.05, 0) is 52.4 Å². The molecule has 0 aliphatic heterocycles. The van der Waals surface area contributed by atoms with Crippen LogP contribution in [-0.2, 0) is 5.41 Å². The molecule has 5 aromatic rings. The van der Waals surface area contributed by atoms with Gasteiger partial charge in [-0.3, -0.25) is 4.98 Å². The van der Waals surface area contributed by atoms with Gasteiger partial charge >= 0.3 is 0 Å². The van der Waals surface area contributed by atoms with Gasteiger partial charge in [0.15, 0.2) is 0 Å². The van der Waals surface area contributed by atoms with Crippen molar-refractivity contribution >= 4 is 32.7 Å². The SMILES string of the molecule is Cc1cnc2c3c1oc1c(C(C)C)ccc(c13)C(C)(C)c1cc3ccccc3cc1-2. The van der Waals surface area contributed by atoms with Gasteiger partial charge in [-0.2, -0.15) is 0 Å². The summed E-state index contributed by atoms with van der Waals surface area (Å²) in [6, 6.07) is 17.9. The van der Waals surface area contributed by atoms with Crippen LogP contribution in [0.15, 0.2) is 59.1 Å². The lowest BCUT2D eigenvalue weighted by Gasteiger charge is -2.28. The summed E-state index contributed by atoms with van der Waals surface area (Å²) < 4.78 is 6.59. The average Bonchev–Trinajstić information content (AvgIpc) is 3.10. The monoisotopic (exact) mass is 391 g/mol. The molecule has 0 unspecified atom stereocenters. The average molecular weight is 392 g/mol. The Balaban J connectivity index is 1.90. The predicted molar refractivity (Wildman–Crippen MR) is 125 cm³/mol. The van der Waals surface area contributed by atoms with Gasteiger partial charge in [-0.1, -0.05) is 64.1 Å². The molecular weight excluding hydrogens is 366 g/mol. The van der Waals surface area contributed by atoms with E-state index in [4.69, 9.17) is 9.40 Å². The van der Waals surface area contributed by atoms with Gasteiger partial charge in [0.1, 0.15) is 11.2 Å². The lowest BCUT2D eigenvalue weighted by Crippen LogP contribution is -2.20. The molecule has 2 heteroatoms. The molecule has 3 aromatic carbocycles. The molecule has 6 rings (SSSR count). The molecule has 2 heterocycles. The molecule has 1 aliphatic carbocycles. The summed E-state index contributed by atoms with van der Waals surface area (Å²) in [6.07, 6.45) is 1.96. The van der Waals surface area contributed by atoms with E-state index < -0.39 is 0 Å². The van der Waals surface area contributed by atoms with E-state index in [1.165, 1.54) is 43.8 Å². The van der Waals surface area contributed by atoms with Crippen LogP contribution < -0.4 is 0 Å².